The minimum Gasteiger partial charge on any atom is -0.469 e. The molecule has 4 atom stereocenters. The molecule has 7 heteroatoms. The van der Waals surface area contributed by atoms with E-state index in [0.717, 1.165) is 19.3 Å². The predicted molar refractivity (Wildman–Crippen MR) is 87.6 cm³/mol. The minimum atomic E-state index is -0.275. The Balaban J connectivity index is 1.44. The van der Waals surface area contributed by atoms with Crippen molar-refractivity contribution in [2.45, 2.75) is 31.8 Å². The number of aromatic nitrogens is 2. The Morgan fingerprint density at radius 3 is 2.96 bits per heavy atom. The maximum absolute atomic E-state index is 12.6. The molecule has 132 valence electrons. The van der Waals surface area contributed by atoms with Crippen LogP contribution in [0.2, 0.25) is 0 Å². The van der Waals surface area contributed by atoms with Crippen LogP contribution in [0.1, 0.15) is 35.6 Å². The van der Waals surface area contributed by atoms with Gasteiger partial charge in [-0.1, -0.05) is 0 Å². The van der Waals surface area contributed by atoms with Gasteiger partial charge < -0.3 is 19.0 Å². The van der Waals surface area contributed by atoms with Crippen molar-refractivity contribution < 1.29 is 18.7 Å². The number of hydrogen-bond donors (Lipinski definition) is 1. The Bertz CT molecular complexity index is 767. The molecule has 2 heterocycles. The van der Waals surface area contributed by atoms with E-state index in [4.69, 9.17) is 9.15 Å². The number of carbonyl (C=O) groups excluding carboxylic acids is 2. The van der Waals surface area contributed by atoms with Crippen LogP contribution in [0.3, 0.4) is 0 Å². The fourth-order valence-electron chi connectivity index (χ4n) is 4.34. The van der Waals surface area contributed by atoms with Gasteiger partial charge in [0.25, 0.3) is 5.91 Å². The first-order valence-corrected chi connectivity index (χ1v) is 8.59. The van der Waals surface area contributed by atoms with Crippen molar-refractivity contribution in [1.82, 2.24) is 14.9 Å². The monoisotopic (exact) mass is 343 g/mol. The maximum Gasteiger partial charge on any atom is 0.311 e. The highest BCUT2D eigenvalue weighted by Gasteiger charge is 2.52. The lowest BCUT2D eigenvalue weighted by molar-refractivity contribution is -0.148. The Morgan fingerprint density at radius 2 is 2.20 bits per heavy atom. The lowest BCUT2D eigenvalue weighted by Gasteiger charge is -2.29. The number of furan rings is 1. The van der Waals surface area contributed by atoms with E-state index in [1.165, 1.54) is 7.11 Å². The lowest BCUT2D eigenvalue weighted by Crippen LogP contribution is -2.47. The largest absolute Gasteiger partial charge is 0.469 e. The molecule has 2 aromatic rings. The molecule has 1 N–H and O–H groups in total. The van der Waals surface area contributed by atoms with Crippen molar-refractivity contribution >= 4 is 11.9 Å². The zero-order chi connectivity index (χ0) is 17.4. The van der Waals surface area contributed by atoms with Crippen LogP contribution in [0.25, 0.3) is 0 Å². The Labute approximate surface area is 145 Å². The minimum absolute atomic E-state index is 0.166. The quantitative estimate of drug-likeness (QED) is 0.837. The molecule has 0 saturated heterocycles. The summed E-state index contributed by atoms with van der Waals surface area (Å²) in [5.41, 5.74) is 0. The average molecular weight is 343 g/mol. The topological polar surface area (TPSA) is 86.4 Å². The van der Waals surface area contributed by atoms with Gasteiger partial charge in [0.15, 0.2) is 5.76 Å². The lowest BCUT2D eigenvalue weighted by atomic mass is 9.84. The van der Waals surface area contributed by atoms with E-state index in [2.05, 4.69) is 10.3 Å². The van der Waals surface area contributed by atoms with E-state index in [1.807, 2.05) is 10.8 Å². The van der Waals surface area contributed by atoms with E-state index in [9.17, 15) is 9.59 Å². The third kappa shape index (κ3) is 2.94. The number of esters is 1. The van der Waals surface area contributed by atoms with E-state index < -0.39 is 0 Å². The van der Waals surface area contributed by atoms with Gasteiger partial charge in [-0.2, -0.15) is 0 Å². The maximum atomic E-state index is 12.6. The SMILES string of the molecule is COC(=O)C1C2CCC(C2)C1NC(=O)c1ccc(Cn2ccnc2)o1. The summed E-state index contributed by atoms with van der Waals surface area (Å²) in [4.78, 5) is 28.7. The second-order valence-corrected chi connectivity index (χ2v) is 6.88. The highest BCUT2D eigenvalue weighted by atomic mass is 16.5. The molecule has 4 rings (SSSR count). The summed E-state index contributed by atoms with van der Waals surface area (Å²) < 4.78 is 12.5. The van der Waals surface area contributed by atoms with Crippen LogP contribution in [0.15, 0.2) is 35.3 Å². The van der Waals surface area contributed by atoms with Crippen LogP contribution >= 0.6 is 0 Å². The number of methoxy groups -OCH3 is 1. The fraction of sp³-hybridized carbons (Fsp3) is 0.500. The van der Waals surface area contributed by atoms with Gasteiger partial charge in [-0.05, 0) is 43.2 Å². The van der Waals surface area contributed by atoms with E-state index in [-0.39, 0.29) is 29.6 Å². The van der Waals surface area contributed by atoms with Gasteiger partial charge in [-0.15, -0.1) is 0 Å². The van der Waals surface area contributed by atoms with Gasteiger partial charge in [0.2, 0.25) is 0 Å². The van der Waals surface area contributed by atoms with Crippen LogP contribution in [-0.4, -0.2) is 34.6 Å². The Hall–Kier alpha value is -2.57. The third-order valence-electron chi connectivity index (χ3n) is 5.47. The Kier molecular flexibility index (Phi) is 4.07. The van der Waals surface area contributed by atoms with Crippen molar-refractivity contribution in [3.63, 3.8) is 0 Å². The molecule has 25 heavy (non-hydrogen) atoms. The van der Waals surface area contributed by atoms with Crippen molar-refractivity contribution in [1.29, 1.82) is 0 Å². The van der Waals surface area contributed by atoms with E-state index in [1.54, 1.807) is 24.7 Å². The molecule has 0 spiro atoms. The number of nitrogens with one attached hydrogen (secondary N) is 1. The first-order valence-electron chi connectivity index (χ1n) is 8.59. The standard InChI is InChI=1S/C18H21N3O4/c1-24-18(23)15-11-2-3-12(8-11)16(15)20-17(22)14-5-4-13(25-14)9-21-7-6-19-10-21/h4-7,10-12,15-16H,2-3,8-9H2,1H3,(H,20,22). The molecule has 2 fully saturated rings. The van der Waals surface area contributed by atoms with Crippen LogP contribution in [0.5, 0.6) is 0 Å². The highest BCUT2D eigenvalue weighted by Crippen LogP contribution is 2.49. The molecule has 0 aromatic carbocycles. The second-order valence-electron chi connectivity index (χ2n) is 6.88. The molecule has 4 unspecified atom stereocenters. The number of hydrogen-bond acceptors (Lipinski definition) is 5. The Morgan fingerprint density at radius 1 is 1.36 bits per heavy atom. The van der Waals surface area contributed by atoms with Crippen LogP contribution < -0.4 is 5.32 Å². The van der Waals surface area contributed by atoms with Crippen LogP contribution in [-0.2, 0) is 16.1 Å². The second kappa shape index (κ2) is 6.38. The van der Waals surface area contributed by atoms with Gasteiger partial charge in [-0.3, -0.25) is 9.59 Å². The van der Waals surface area contributed by atoms with Gasteiger partial charge in [-0.25, -0.2) is 4.98 Å². The summed E-state index contributed by atoms with van der Waals surface area (Å²) in [6, 6.07) is 3.29. The number of fused-ring (bicyclic) bond motifs is 2. The highest BCUT2D eigenvalue weighted by molar-refractivity contribution is 5.92. The number of carbonyl (C=O) groups is 2. The zero-order valence-electron chi connectivity index (χ0n) is 14.1. The van der Waals surface area contributed by atoms with E-state index >= 15 is 0 Å². The molecular weight excluding hydrogens is 322 g/mol. The summed E-state index contributed by atoms with van der Waals surface area (Å²) in [5, 5.41) is 3.01. The number of amides is 1. The van der Waals surface area contributed by atoms with Crippen molar-refractivity contribution in [3.8, 4) is 0 Å². The summed E-state index contributed by atoms with van der Waals surface area (Å²) in [6.45, 7) is 0.520. The van der Waals surface area contributed by atoms with Crippen molar-refractivity contribution in [2.75, 3.05) is 7.11 Å². The fourth-order valence-corrected chi connectivity index (χ4v) is 4.34. The number of nitrogens with zero attached hydrogens (tertiary/aromatic N) is 2. The predicted octanol–water partition coefficient (Wildman–Crippen LogP) is 1.84. The molecule has 2 aromatic heterocycles. The molecule has 0 radical (unpaired) electrons. The van der Waals surface area contributed by atoms with Gasteiger partial charge in [0.1, 0.15) is 5.76 Å². The average Bonchev–Trinajstić information content (AvgIpc) is 3.39. The van der Waals surface area contributed by atoms with Gasteiger partial charge >= 0.3 is 5.97 Å². The zero-order valence-corrected chi connectivity index (χ0v) is 14.1. The van der Waals surface area contributed by atoms with Gasteiger partial charge in [0, 0.05) is 18.4 Å². The van der Waals surface area contributed by atoms with Crippen molar-refractivity contribution in [2.24, 2.45) is 17.8 Å². The molecule has 7 nitrogen and oxygen atoms in total. The van der Waals surface area contributed by atoms with Crippen LogP contribution in [0.4, 0.5) is 0 Å². The van der Waals surface area contributed by atoms with Gasteiger partial charge in [0.05, 0.1) is 25.9 Å². The number of rotatable bonds is 5. The number of imidazole rings is 1. The van der Waals surface area contributed by atoms with Crippen molar-refractivity contribution in [3.05, 3.63) is 42.4 Å². The first-order chi connectivity index (χ1) is 12.2. The molecule has 2 saturated carbocycles. The first kappa shape index (κ1) is 15.9. The summed E-state index contributed by atoms with van der Waals surface area (Å²) in [6.07, 6.45) is 8.28. The molecular formula is C18H21N3O4. The molecule has 1 amide bonds. The smallest absolute Gasteiger partial charge is 0.311 e. The molecule has 2 aliphatic carbocycles. The van der Waals surface area contributed by atoms with E-state index in [0.29, 0.717) is 24.1 Å². The molecule has 2 aliphatic rings. The summed E-state index contributed by atoms with van der Waals surface area (Å²) >= 11 is 0. The third-order valence-corrected chi connectivity index (χ3v) is 5.47. The molecule has 2 bridgehead atoms. The summed E-state index contributed by atoms with van der Waals surface area (Å²) in [5.74, 6) is 0.867. The molecule has 0 aliphatic heterocycles. The number of ether oxygens (including phenoxy) is 1. The summed E-state index contributed by atoms with van der Waals surface area (Å²) in [7, 11) is 1.40. The van der Waals surface area contributed by atoms with Crippen LogP contribution in [0, 0.1) is 17.8 Å². The normalized spacial score (nSPS) is 27.4.